The van der Waals surface area contributed by atoms with E-state index in [9.17, 15) is 26.3 Å². The predicted molar refractivity (Wildman–Crippen MR) is 128 cm³/mol. The van der Waals surface area contributed by atoms with Gasteiger partial charge in [0.25, 0.3) is 0 Å². The van der Waals surface area contributed by atoms with Gasteiger partial charge in [0, 0.05) is 0 Å². The van der Waals surface area contributed by atoms with E-state index < -0.39 is 24.2 Å². The molecule has 4 aromatic carbocycles. The van der Waals surface area contributed by atoms with Crippen molar-refractivity contribution in [2.75, 3.05) is 0 Å². The maximum Gasteiger partial charge on any atom is 0.344 e. The van der Waals surface area contributed by atoms with E-state index in [0.717, 1.165) is 38.9 Å². The van der Waals surface area contributed by atoms with Crippen molar-refractivity contribution in [1.82, 2.24) is 0 Å². The van der Waals surface area contributed by atoms with Crippen LogP contribution in [0.25, 0.3) is 33.4 Å². The summed E-state index contributed by atoms with van der Waals surface area (Å²) in [7, 11) is 0. The van der Waals surface area contributed by atoms with Crippen molar-refractivity contribution < 1.29 is 35.8 Å². The van der Waals surface area contributed by atoms with E-state index in [1.807, 2.05) is 36.4 Å². The zero-order valence-electron chi connectivity index (χ0n) is 18.9. The number of hydrogen-bond acceptors (Lipinski definition) is 2. The highest BCUT2D eigenvalue weighted by Crippen LogP contribution is 2.46. The van der Waals surface area contributed by atoms with Gasteiger partial charge in [-0.25, -0.2) is 0 Å². The van der Waals surface area contributed by atoms with Gasteiger partial charge >= 0.3 is 24.2 Å². The smallest absolute Gasteiger partial charge is 0.344 e. The van der Waals surface area contributed by atoms with Gasteiger partial charge in [0.2, 0.25) is 0 Å². The molecular weight excluding hydrogens is 494 g/mol. The van der Waals surface area contributed by atoms with Crippen LogP contribution >= 0.6 is 0 Å². The van der Waals surface area contributed by atoms with E-state index >= 15 is 0 Å². The normalized spacial score (nSPS) is 11.4. The lowest BCUT2D eigenvalue weighted by Gasteiger charge is -2.17. The van der Waals surface area contributed by atoms with Crippen LogP contribution in [-0.4, -0.2) is 0 Å². The fourth-order valence-electron chi connectivity index (χ4n) is 4.46. The molecule has 0 atom stereocenters. The quantitative estimate of drug-likeness (QED) is 0.167. The Bertz CT molecular complexity index is 1530. The highest BCUT2D eigenvalue weighted by molar-refractivity contribution is 5.93. The number of halogens is 6. The molecule has 0 radical (unpaired) electrons. The van der Waals surface area contributed by atoms with Crippen LogP contribution in [0.3, 0.4) is 0 Å². The molecule has 5 rings (SSSR count). The molecule has 0 fully saturated rings. The lowest BCUT2D eigenvalue weighted by molar-refractivity contribution is 0.241. The molecule has 1 aliphatic rings. The molecule has 1 aliphatic carbocycles. The average Bonchev–Trinajstić information content (AvgIpc) is 3.28. The third kappa shape index (κ3) is 4.82. The van der Waals surface area contributed by atoms with Crippen LogP contribution < -0.4 is 9.47 Å². The van der Waals surface area contributed by atoms with Crippen LogP contribution in [0.4, 0.5) is 26.3 Å². The number of ether oxygens (including phenoxy) is 2. The largest absolute Gasteiger partial charge is 0.428 e. The number of benzene rings is 4. The van der Waals surface area contributed by atoms with Crippen LogP contribution in [0, 0.1) is 0 Å². The van der Waals surface area contributed by atoms with E-state index in [1.54, 1.807) is 24.3 Å². The first-order valence-corrected chi connectivity index (χ1v) is 11.0. The van der Waals surface area contributed by atoms with E-state index in [2.05, 4.69) is 9.47 Å². The summed E-state index contributed by atoms with van der Waals surface area (Å²) in [6, 6.07) is 20.0. The standard InChI is InChI=1S/C29H16F6O2/c30-26(31)28(34)36-19-9-5-16(6-10-19)22-13-14-23-21-4-2-1-3-18(21)15-24(23)25(22)17-7-11-20(12-8-17)37-29(35)27(32)33/h1-14H,15H2. The van der Waals surface area contributed by atoms with Gasteiger partial charge in [0.1, 0.15) is 11.5 Å². The molecule has 0 heterocycles. The van der Waals surface area contributed by atoms with Crippen LogP contribution in [0.5, 0.6) is 11.5 Å². The van der Waals surface area contributed by atoms with Crippen LogP contribution in [-0.2, 0) is 6.42 Å². The summed E-state index contributed by atoms with van der Waals surface area (Å²) in [5.41, 5.74) is 7.38. The second-order valence-electron chi connectivity index (χ2n) is 8.17. The number of fused-ring (bicyclic) bond motifs is 3. The Kier molecular flexibility index (Phi) is 6.48. The summed E-state index contributed by atoms with van der Waals surface area (Å²) in [6.07, 6.45) is -4.46. The molecule has 0 bridgehead atoms. The van der Waals surface area contributed by atoms with Gasteiger partial charge in [-0.1, -0.05) is 60.7 Å². The van der Waals surface area contributed by atoms with Gasteiger partial charge in [-0.3, -0.25) is 0 Å². The second kappa shape index (κ2) is 9.89. The topological polar surface area (TPSA) is 18.5 Å². The van der Waals surface area contributed by atoms with Gasteiger partial charge in [-0.05, 0) is 75.2 Å². The van der Waals surface area contributed by atoms with Gasteiger partial charge < -0.3 is 9.47 Å². The molecule has 0 amide bonds. The van der Waals surface area contributed by atoms with E-state index in [4.69, 9.17) is 0 Å². The van der Waals surface area contributed by atoms with Gasteiger partial charge in [0.05, 0.1) is 0 Å². The molecule has 4 aromatic rings. The fraction of sp³-hybridized carbons (Fsp3) is 0.0345. The Balaban J connectivity index is 1.59. The Morgan fingerprint density at radius 1 is 0.514 bits per heavy atom. The average molecular weight is 510 g/mol. The molecule has 2 nitrogen and oxygen atoms in total. The maximum atomic E-state index is 13.2. The van der Waals surface area contributed by atoms with E-state index in [0.29, 0.717) is 12.0 Å². The molecule has 8 heteroatoms. The van der Waals surface area contributed by atoms with Crippen molar-refractivity contribution in [3.63, 3.8) is 0 Å². The van der Waals surface area contributed by atoms with Crippen molar-refractivity contribution in [3.05, 3.63) is 120 Å². The highest BCUT2D eigenvalue weighted by Gasteiger charge is 2.24. The Morgan fingerprint density at radius 3 is 1.59 bits per heavy atom. The minimum absolute atomic E-state index is 0.0943. The van der Waals surface area contributed by atoms with Gasteiger partial charge in [0.15, 0.2) is 0 Å². The molecule has 0 N–H and O–H groups in total. The number of hydrogen-bond donors (Lipinski definition) is 0. The monoisotopic (exact) mass is 510 g/mol. The summed E-state index contributed by atoms with van der Waals surface area (Å²) < 4.78 is 85.1. The summed E-state index contributed by atoms with van der Waals surface area (Å²) in [6.45, 7) is 0. The lowest BCUT2D eigenvalue weighted by atomic mass is 9.88. The van der Waals surface area contributed by atoms with Crippen molar-refractivity contribution in [1.29, 1.82) is 0 Å². The zero-order chi connectivity index (χ0) is 26.1. The molecule has 0 saturated carbocycles. The van der Waals surface area contributed by atoms with Crippen molar-refractivity contribution >= 4 is 0 Å². The highest BCUT2D eigenvalue weighted by atomic mass is 19.3. The van der Waals surface area contributed by atoms with E-state index in [1.165, 1.54) is 24.3 Å². The first-order chi connectivity index (χ1) is 17.8. The molecule has 37 heavy (non-hydrogen) atoms. The molecule has 0 aliphatic heterocycles. The Hall–Kier alpha value is -4.46. The minimum Gasteiger partial charge on any atom is -0.428 e. The van der Waals surface area contributed by atoms with Crippen LogP contribution in [0.1, 0.15) is 11.1 Å². The SMILES string of the molecule is FC(F)=C(F)Oc1ccc(-c2ccc3c(c2-c2ccc(OC(F)=C(F)F)cc2)Cc2ccccc2-3)cc1. The summed E-state index contributed by atoms with van der Waals surface area (Å²) in [5.74, 6) is -0.191. The molecule has 0 spiro atoms. The fourth-order valence-corrected chi connectivity index (χ4v) is 4.46. The Labute approximate surface area is 207 Å². The second-order valence-corrected chi connectivity index (χ2v) is 8.17. The molecule has 0 unspecified atom stereocenters. The molecular formula is C29H16F6O2. The van der Waals surface area contributed by atoms with Crippen molar-refractivity contribution in [2.45, 2.75) is 6.42 Å². The van der Waals surface area contributed by atoms with Gasteiger partial charge in [-0.2, -0.15) is 26.3 Å². The lowest BCUT2D eigenvalue weighted by Crippen LogP contribution is -1.95. The summed E-state index contributed by atoms with van der Waals surface area (Å²) >= 11 is 0. The predicted octanol–water partition coefficient (Wildman–Crippen LogP) is 9.42. The minimum atomic E-state index is -2.55. The molecule has 0 saturated heterocycles. The van der Waals surface area contributed by atoms with Crippen molar-refractivity contribution in [2.24, 2.45) is 0 Å². The zero-order valence-corrected chi connectivity index (χ0v) is 18.9. The maximum absolute atomic E-state index is 13.2. The first-order valence-electron chi connectivity index (χ1n) is 11.0. The van der Waals surface area contributed by atoms with Crippen molar-refractivity contribution in [3.8, 4) is 44.9 Å². The summed E-state index contributed by atoms with van der Waals surface area (Å²) in [4.78, 5) is 0. The van der Waals surface area contributed by atoms with Gasteiger partial charge in [-0.15, -0.1) is 0 Å². The Morgan fingerprint density at radius 2 is 1.03 bits per heavy atom. The van der Waals surface area contributed by atoms with Crippen LogP contribution in [0.15, 0.2) is 109 Å². The summed E-state index contributed by atoms with van der Waals surface area (Å²) in [5, 5.41) is 0. The number of rotatable bonds is 6. The molecule has 186 valence electrons. The first kappa shape index (κ1) is 24.2. The van der Waals surface area contributed by atoms with Crippen LogP contribution in [0.2, 0.25) is 0 Å². The molecule has 0 aromatic heterocycles. The van der Waals surface area contributed by atoms with E-state index in [-0.39, 0.29) is 11.5 Å². The third-order valence-corrected chi connectivity index (χ3v) is 6.01. The third-order valence-electron chi connectivity index (χ3n) is 6.01.